The highest BCUT2D eigenvalue weighted by molar-refractivity contribution is 7.07. The van der Waals surface area contributed by atoms with Gasteiger partial charge in [-0.25, -0.2) is 0 Å². The molecule has 1 heterocycles. The average molecular weight is 235 g/mol. The number of amides is 1. The van der Waals surface area contributed by atoms with Gasteiger partial charge in [-0.15, -0.1) is 0 Å². The SMILES string of the molecule is Cc1nsc(Oc2ccc(C(N)=O)cc2)n1. The fourth-order valence-corrected chi connectivity index (χ4v) is 1.67. The predicted octanol–water partition coefficient (Wildman–Crippen LogP) is 1.74. The third-order valence-corrected chi connectivity index (χ3v) is 2.54. The van der Waals surface area contributed by atoms with E-state index in [4.69, 9.17) is 10.5 Å². The van der Waals surface area contributed by atoms with Crippen LogP contribution in [0.4, 0.5) is 0 Å². The number of rotatable bonds is 3. The summed E-state index contributed by atoms with van der Waals surface area (Å²) < 4.78 is 9.42. The topological polar surface area (TPSA) is 78.1 Å². The van der Waals surface area contributed by atoms with Gasteiger partial charge < -0.3 is 10.5 Å². The van der Waals surface area contributed by atoms with Crippen LogP contribution < -0.4 is 10.5 Å². The lowest BCUT2D eigenvalue weighted by Gasteiger charge is -2.01. The van der Waals surface area contributed by atoms with E-state index in [9.17, 15) is 4.79 Å². The number of benzene rings is 1. The number of primary amides is 1. The van der Waals surface area contributed by atoms with Gasteiger partial charge in [-0.05, 0) is 31.2 Å². The Labute approximate surface area is 96.1 Å². The highest BCUT2D eigenvalue weighted by Crippen LogP contribution is 2.22. The quantitative estimate of drug-likeness (QED) is 0.878. The van der Waals surface area contributed by atoms with Crippen molar-refractivity contribution in [3.05, 3.63) is 35.7 Å². The van der Waals surface area contributed by atoms with Crippen LogP contribution in [0.2, 0.25) is 0 Å². The molecular weight excluding hydrogens is 226 g/mol. The van der Waals surface area contributed by atoms with Crippen molar-refractivity contribution in [1.82, 2.24) is 9.36 Å². The van der Waals surface area contributed by atoms with Crippen molar-refractivity contribution in [2.75, 3.05) is 0 Å². The average Bonchev–Trinajstić information content (AvgIpc) is 2.65. The van der Waals surface area contributed by atoms with Gasteiger partial charge in [0.2, 0.25) is 5.91 Å². The smallest absolute Gasteiger partial charge is 0.298 e. The normalized spacial score (nSPS) is 10.1. The van der Waals surface area contributed by atoms with Crippen LogP contribution in [0.25, 0.3) is 0 Å². The van der Waals surface area contributed by atoms with Crippen LogP contribution in [-0.4, -0.2) is 15.3 Å². The summed E-state index contributed by atoms with van der Waals surface area (Å²) in [7, 11) is 0. The zero-order valence-electron chi connectivity index (χ0n) is 8.51. The number of nitrogens with two attached hydrogens (primary N) is 1. The number of aromatic nitrogens is 2. The standard InChI is InChI=1S/C10H9N3O2S/c1-6-12-10(16-13-6)15-8-4-2-7(3-5-8)9(11)14/h2-5H,1H3,(H2,11,14). The molecule has 2 N–H and O–H groups in total. The van der Waals surface area contributed by atoms with Crippen molar-refractivity contribution in [1.29, 1.82) is 0 Å². The largest absolute Gasteiger partial charge is 0.430 e. The van der Waals surface area contributed by atoms with Crippen LogP contribution >= 0.6 is 11.5 Å². The van der Waals surface area contributed by atoms with Gasteiger partial charge in [0.25, 0.3) is 5.19 Å². The molecule has 0 bridgehead atoms. The van der Waals surface area contributed by atoms with Gasteiger partial charge >= 0.3 is 0 Å². The summed E-state index contributed by atoms with van der Waals surface area (Å²) in [4.78, 5) is 14.9. The minimum Gasteiger partial charge on any atom is -0.430 e. The summed E-state index contributed by atoms with van der Waals surface area (Å²) in [5.41, 5.74) is 5.56. The Hall–Kier alpha value is -1.95. The highest BCUT2D eigenvalue weighted by atomic mass is 32.1. The molecule has 0 fully saturated rings. The third kappa shape index (κ3) is 2.34. The van der Waals surface area contributed by atoms with Crippen LogP contribution in [0, 0.1) is 6.92 Å². The maximum Gasteiger partial charge on any atom is 0.298 e. The first-order valence-electron chi connectivity index (χ1n) is 4.53. The van der Waals surface area contributed by atoms with Gasteiger partial charge in [0.1, 0.15) is 11.6 Å². The summed E-state index contributed by atoms with van der Waals surface area (Å²) >= 11 is 1.18. The van der Waals surface area contributed by atoms with E-state index in [1.165, 1.54) is 11.5 Å². The second-order valence-corrected chi connectivity index (χ2v) is 3.81. The van der Waals surface area contributed by atoms with E-state index in [0.717, 1.165) is 0 Å². The van der Waals surface area contributed by atoms with Gasteiger partial charge in [0.05, 0.1) is 0 Å². The fourth-order valence-electron chi connectivity index (χ4n) is 1.11. The number of hydrogen-bond acceptors (Lipinski definition) is 5. The third-order valence-electron chi connectivity index (χ3n) is 1.85. The van der Waals surface area contributed by atoms with Crippen LogP contribution in [0.3, 0.4) is 0 Å². The second kappa shape index (κ2) is 4.28. The van der Waals surface area contributed by atoms with Crippen LogP contribution in [-0.2, 0) is 0 Å². The van der Waals surface area contributed by atoms with Crippen LogP contribution in [0.5, 0.6) is 10.9 Å². The molecule has 0 aliphatic rings. The zero-order valence-corrected chi connectivity index (χ0v) is 9.32. The molecule has 0 atom stereocenters. The molecule has 5 nitrogen and oxygen atoms in total. The number of carbonyl (C=O) groups is 1. The van der Waals surface area contributed by atoms with Crippen molar-refractivity contribution in [3.8, 4) is 10.9 Å². The lowest BCUT2D eigenvalue weighted by Crippen LogP contribution is -2.10. The summed E-state index contributed by atoms with van der Waals surface area (Å²) in [6.07, 6.45) is 0. The van der Waals surface area contributed by atoms with Crippen molar-refractivity contribution in [2.24, 2.45) is 5.73 Å². The first-order chi connectivity index (χ1) is 7.65. The summed E-state index contributed by atoms with van der Waals surface area (Å²) in [6, 6.07) is 6.53. The van der Waals surface area contributed by atoms with E-state index in [-0.39, 0.29) is 0 Å². The molecule has 2 aromatic rings. The lowest BCUT2D eigenvalue weighted by molar-refractivity contribution is 0.100. The van der Waals surface area contributed by atoms with Gasteiger partial charge in [-0.1, -0.05) is 0 Å². The van der Waals surface area contributed by atoms with Crippen molar-refractivity contribution in [2.45, 2.75) is 6.92 Å². The lowest BCUT2D eigenvalue weighted by atomic mass is 10.2. The molecule has 6 heteroatoms. The Kier molecular flexibility index (Phi) is 2.82. The van der Waals surface area contributed by atoms with Gasteiger partial charge in [-0.2, -0.15) is 9.36 Å². The Morgan fingerprint density at radius 3 is 2.56 bits per heavy atom. The predicted molar refractivity (Wildman–Crippen MR) is 59.7 cm³/mol. The number of aryl methyl sites for hydroxylation is 1. The van der Waals surface area contributed by atoms with E-state index in [1.54, 1.807) is 31.2 Å². The van der Waals surface area contributed by atoms with Crippen LogP contribution in [0.1, 0.15) is 16.2 Å². The molecular formula is C10H9N3O2S. The minimum absolute atomic E-state index is 0.445. The molecule has 0 unspecified atom stereocenters. The van der Waals surface area contributed by atoms with E-state index in [0.29, 0.717) is 22.3 Å². The highest BCUT2D eigenvalue weighted by Gasteiger charge is 2.04. The van der Waals surface area contributed by atoms with E-state index < -0.39 is 5.91 Å². The van der Waals surface area contributed by atoms with Gasteiger partial charge in [-0.3, -0.25) is 4.79 Å². The first kappa shape index (κ1) is 10.6. The van der Waals surface area contributed by atoms with Crippen molar-refractivity contribution >= 4 is 17.4 Å². The Bertz CT molecular complexity index is 507. The van der Waals surface area contributed by atoms with E-state index >= 15 is 0 Å². The minimum atomic E-state index is -0.460. The summed E-state index contributed by atoms with van der Waals surface area (Å²) in [5.74, 6) is 0.813. The fraction of sp³-hybridized carbons (Fsp3) is 0.100. The van der Waals surface area contributed by atoms with E-state index in [2.05, 4.69) is 9.36 Å². The number of nitrogens with zero attached hydrogens (tertiary/aromatic N) is 2. The zero-order chi connectivity index (χ0) is 11.5. The molecule has 0 aliphatic heterocycles. The summed E-state index contributed by atoms with van der Waals surface area (Å²) in [5, 5.41) is 0.476. The molecule has 2 rings (SSSR count). The van der Waals surface area contributed by atoms with Crippen molar-refractivity contribution in [3.63, 3.8) is 0 Å². The molecule has 0 spiro atoms. The number of carbonyl (C=O) groups excluding carboxylic acids is 1. The molecule has 0 aliphatic carbocycles. The molecule has 1 aromatic heterocycles. The molecule has 82 valence electrons. The van der Waals surface area contributed by atoms with E-state index in [1.807, 2.05) is 0 Å². The second-order valence-electron chi connectivity index (χ2n) is 3.10. The van der Waals surface area contributed by atoms with Crippen molar-refractivity contribution < 1.29 is 9.53 Å². The Balaban J connectivity index is 2.14. The maximum absolute atomic E-state index is 10.8. The van der Waals surface area contributed by atoms with Gasteiger partial charge in [0, 0.05) is 17.1 Å². The molecule has 0 saturated carbocycles. The maximum atomic E-state index is 10.8. The molecule has 1 aromatic carbocycles. The number of hydrogen-bond donors (Lipinski definition) is 1. The number of ether oxygens (including phenoxy) is 1. The molecule has 0 radical (unpaired) electrons. The van der Waals surface area contributed by atoms with Crippen LogP contribution in [0.15, 0.2) is 24.3 Å². The Morgan fingerprint density at radius 1 is 1.38 bits per heavy atom. The monoisotopic (exact) mass is 235 g/mol. The molecule has 16 heavy (non-hydrogen) atoms. The first-order valence-corrected chi connectivity index (χ1v) is 5.30. The summed E-state index contributed by atoms with van der Waals surface area (Å²) in [6.45, 7) is 1.79. The van der Waals surface area contributed by atoms with Gasteiger partial charge in [0.15, 0.2) is 0 Å². The Morgan fingerprint density at radius 2 is 2.06 bits per heavy atom. The molecule has 1 amide bonds. The molecule has 0 saturated heterocycles.